The molecule has 108 valence electrons. The normalized spacial score (nSPS) is 10.1. The van der Waals surface area contributed by atoms with E-state index in [0.29, 0.717) is 16.8 Å². The fraction of sp³-hybridized carbons (Fsp3) is 0.0667. The van der Waals surface area contributed by atoms with Crippen LogP contribution in [0.25, 0.3) is 0 Å². The van der Waals surface area contributed by atoms with Crippen molar-refractivity contribution in [3.8, 4) is 0 Å². The Bertz CT molecular complexity index is 701. The highest BCUT2D eigenvalue weighted by Crippen LogP contribution is 2.15. The molecule has 2 aromatic carbocycles. The third-order valence-electron chi connectivity index (χ3n) is 2.97. The summed E-state index contributed by atoms with van der Waals surface area (Å²) in [7, 11) is 0. The number of amides is 2. The third kappa shape index (κ3) is 3.56. The van der Waals surface area contributed by atoms with E-state index >= 15 is 0 Å². The van der Waals surface area contributed by atoms with Crippen LogP contribution in [-0.2, 0) is 6.54 Å². The summed E-state index contributed by atoms with van der Waals surface area (Å²) < 4.78 is 13.8. The van der Waals surface area contributed by atoms with Gasteiger partial charge >= 0.3 is 0 Å². The molecule has 0 fully saturated rings. The fourth-order valence-corrected chi connectivity index (χ4v) is 1.82. The topological polar surface area (TPSA) is 98.2 Å². The highest BCUT2D eigenvalue weighted by atomic mass is 19.1. The van der Waals surface area contributed by atoms with Gasteiger partial charge in [-0.2, -0.15) is 0 Å². The van der Waals surface area contributed by atoms with Crippen molar-refractivity contribution in [3.63, 3.8) is 0 Å². The molecule has 0 heterocycles. The van der Waals surface area contributed by atoms with Gasteiger partial charge in [-0.05, 0) is 30.3 Å². The van der Waals surface area contributed by atoms with Gasteiger partial charge in [0.15, 0.2) is 0 Å². The zero-order valence-electron chi connectivity index (χ0n) is 11.1. The molecule has 5 nitrogen and oxygen atoms in total. The molecule has 0 aliphatic rings. The van der Waals surface area contributed by atoms with Crippen LogP contribution < -0.4 is 16.8 Å². The molecule has 0 aromatic heterocycles. The smallest absolute Gasteiger partial charge is 0.248 e. The molecule has 0 unspecified atom stereocenters. The summed E-state index contributed by atoms with van der Waals surface area (Å²) in [4.78, 5) is 22.0. The summed E-state index contributed by atoms with van der Waals surface area (Å²) in [5.74, 6) is -1.73. The minimum atomic E-state index is -0.678. The summed E-state index contributed by atoms with van der Waals surface area (Å²) in [5, 5.41) is 2.98. The van der Waals surface area contributed by atoms with Crippen LogP contribution in [0.3, 0.4) is 0 Å². The Morgan fingerprint density at radius 3 is 2.29 bits per heavy atom. The van der Waals surface area contributed by atoms with E-state index in [2.05, 4.69) is 5.32 Å². The standard InChI is InChI=1S/C15H14FN3O2/c16-13-7-10(15(18)21)4-5-11(13)8-19-12-3-1-2-9(6-12)14(17)20/h1-7,19H,8H2,(H2,17,20)(H2,18,21). The Labute approximate surface area is 120 Å². The molecule has 0 aliphatic carbocycles. The largest absolute Gasteiger partial charge is 0.381 e. The lowest BCUT2D eigenvalue weighted by molar-refractivity contribution is 0.0991. The molecule has 0 saturated heterocycles. The summed E-state index contributed by atoms with van der Waals surface area (Å²) in [5.41, 5.74) is 11.8. The molecule has 0 atom stereocenters. The second kappa shape index (κ2) is 6.04. The molecule has 2 amide bonds. The molecule has 21 heavy (non-hydrogen) atoms. The molecule has 0 spiro atoms. The number of nitrogens with two attached hydrogens (primary N) is 2. The van der Waals surface area contributed by atoms with Gasteiger partial charge in [0.25, 0.3) is 0 Å². The number of anilines is 1. The van der Waals surface area contributed by atoms with Gasteiger partial charge in [-0.1, -0.05) is 12.1 Å². The maximum absolute atomic E-state index is 13.8. The van der Waals surface area contributed by atoms with Crippen LogP contribution in [0, 0.1) is 5.82 Å². The van der Waals surface area contributed by atoms with Gasteiger partial charge < -0.3 is 16.8 Å². The number of nitrogens with one attached hydrogen (secondary N) is 1. The first kappa shape index (κ1) is 14.5. The van der Waals surface area contributed by atoms with Gasteiger partial charge in [-0.15, -0.1) is 0 Å². The van der Waals surface area contributed by atoms with E-state index in [0.717, 1.165) is 6.07 Å². The highest BCUT2D eigenvalue weighted by Gasteiger charge is 2.07. The zero-order valence-corrected chi connectivity index (χ0v) is 11.1. The number of rotatable bonds is 5. The average Bonchev–Trinajstić information content (AvgIpc) is 2.46. The summed E-state index contributed by atoms with van der Waals surface area (Å²) in [6, 6.07) is 10.6. The monoisotopic (exact) mass is 287 g/mol. The van der Waals surface area contributed by atoms with Gasteiger partial charge in [0.05, 0.1) is 0 Å². The maximum Gasteiger partial charge on any atom is 0.248 e. The molecule has 0 bridgehead atoms. The predicted molar refractivity (Wildman–Crippen MR) is 77.2 cm³/mol. The second-order valence-corrected chi connectivity index (χ2v) is 4.47. The average molecular weight is 287 g/mol. The molecule has 2 rings (SSSR count). The van der Waals surface area contributed by atoms with E-state index in [9.17, 15) is 14.0 Å². The van der Waals surface area contributed by atoms with E-state index < -0.39 is 17.6 Å². The Hall–Kier alpha value is -2.89. The first-order valence-electron chi connectivity index (χ1n) is 6.19. The Morgan fingerprint density at radius 2 is 1.67 bits per heavy atom. The number of carbonyl (C=O) groups is 2. The highest BCUT2D eigenvalue weighted by molar-refractivity contribution is 5.93. The minimum Gasteiger partial charge on any atom is -0.381 e. The SMILES string of the molecule is NC(=O)c1cccc(NCc2ccc(C(N)=O)cc2F)c1. The second-order valence-electron chi connectivity index (χ2n) is 4.47. The molecular weight excluding hydrogens is 273 g/mol. The van der Waals surface area contributed by atoms with Crippen LogP contribution in [0.1, 0.15) is 26.3 Å². The Kier molecular flexibility index (Phi) is 4.18. The molecule has 0 radical (unpaired) electrons. The van der Waals surface area contributed by atoms with Gasteiger partial charge in [-0.3, -0.25) is 9.59 Å². The number of carbonyl (C=O) groups excluding carboxylic acids is 2. The summed E-state index contributed by atoms with van der Waals surface area (Å²) in [6.45, 7) is 0.201. The molecular formula is C15H14FN3O2. The number of hydrogen-bond acceptors (Lipinski definition) is 3. The van der Waals surface area contributed by atoms with E-state index in [1.807, 2.05) is 0 Å². The van der Waals surface area contributed by atoms with Crippen molar-refractivity contribution in [3.05, 3.63) is 65.0 Å². The lowest BCUT2D eigenvalue weighted by Crippen LogP contribution is -2.12. The van der Waals surface area contributed by atoms with Crippen molar-refractivity contribution in [2.24, 2.45) is 11.5 Å². The van der Waals surface area contributed by atoms with Crippen LogP contribution in [0.4, 0.5) is 10.1 Å². The Balaban J connectivity index is 2.11. The number of benzene rings is 2. The molecule has 2 aromatic rings. The number of halogens is 1. The van der Waals surface area contributed by atoms with Crippen LogP contribution in [0.15, 0.2) is 42.5 Å². The van der Waals surface area contributed by atoms with Crippen molar-refractivity contribution >= 4 is 17.5 Å². The first-order chi connectivity index (χ1) is 9.97. The summed E-state index contributed by atoms with van der Waals surface area (Å²) >= 11 is 0. The number of hydrogen-bond donors (Lipinski definition) is 3. The van der Waals surface area contributed by atoms with Gasteiger partial charge in [-0.25, -0.2) is 4.39 Å². The van der Waals surface area contributed by atoms with Crippen molar-refractivity contribution < 1.29 is 14.0 Å². The van der Waals surface area contributed by atoms with E-state index in [-0.39, 0.29) is 12.1 Å². The zero-order chi connectivity index (χ0) is 15.4. The van der Waals surface area contributed by atoms with Crippen LogP contribution >= 0.6 is 0 Å². The molecule has 0 saturated carbocycles. The lowest BCUT2D eigenvalue weighted by atomic mass is 10.1. The van der Waals surface area contributed by atoms with Crippen LogP contribution in [-0.4, -0.2) is 11.8 Å². The van der Waals surface area contributed by atoms with Crippen LogP contribution in [0.5, 0.6) is 0 Å². The van der Waals surface area contributed by atoms with E-state index in [1.165, 1.54) is 12.1 Å². The molecule has 6 heteroatoms. The molecule has 0 aliphatic heterocycles. The fourth-order valence-electron chi connectivity index (χ4n) is 1.82. The van der Waals surface area contributed by atoms with Crippen molar-refractivity contribution in [2.75, 3.05) is 5.32 Å². The quantitative estimate of drug-likeness (QED) is 0.779. The van der Waals surface area contributed by atoms with Gasteiger partial charge in [0.2, 0.25) is 11.8 Å². The number of primary amides is 2. The van der Waals surface area contributed by atoms with Gasteiger partial charge in [0, 0.05) is 28.9 Å². The third-order valence-corrected chi connectivity index (χ3v) is 2.97. The van der Waals surface area contributed by atoms with E-state index in [4.69, 9.17) is 11.5 Å². The summed E-state index contributed by atoms with van der Waals surface area (Å²) in [6.07, 6.45) is 0. The molecule has 5 N–H and O–H groups in total. The van der Waals surface area contributed by atoms with Gasteiger partial charge in [0.1, 0.15) is 5.82 Å². The minimum absolute atomic E-state index is 0.118. The first-order valence-corrected chi connectivity index (χ1v) is 6.19. The van der Waals surface area contributed by atoms with Crippen molar-refractivity contribution in [2.45, 2.75) is 6.54 Å². The Morgan fingerprint density at radius 1 is 1.00 bits per heavy atom. The predicted octanol–water partition coefficient (Wildman–Crippen LogP) is 1.64. The van der Waals surface area contributed by atoms with Crippen molar-refractivity contribution in [1.29, 1.82) is 0 Å². The van der Waals surface area contributed by atoms with Crippen LogP contribution in [0.2, 0.25) is 0 Å². The van der Waals surface area contributed by atoms with Crippen molar-refractivity contribution in [1.82, 2.24) is 0 Å². The lowest BCUT2D eigenvalue weighted by Gasteiger charge is -2.09. The van der Waals surface area contributed by atoms with E-state index in [1.54, 1.807) is 24.3 Å². The maximum atomic E-state index is 13.8.